The van der Waals surface area contributed by atoms with Crippen LogP contribution < -0.4 is 11.1 Å². The van der Waals surface area contributed by atoms with Crippen LogP contribution >= 0.6 is 27.7 Å². The first-order valence-corrected chi connectivity index (χ1v) is 8.57. The van der Waals surface area contributed by atoms with E-state index in [1.165, 1.54) is 12.8 Å². The fraction of sp³-hybridized carbons (Fsp3) is 0.500. The summed E-state index contributed by atoms with van der Waals surface area (Å²) in [6.45, 7) is 0. The number of rotatable bonds is 3. The average molecular weight is 343 g/mol. The predicted molar refractivity (Wildman–Crippen MR) is 85.6 cm³/mol. The van der Waals surface area contributed by atoms with Gasteiger partial charge in [-0.25, -0.2) is 0 Å². The second-order valence-corrected chi connectivity index (χ2v) is 6.97. The van der Waals surface area contributed by atoms with Crippen molar-refractivity contribution in [3.8, 4) is 0 Å². The summed E-state index contributed by atoms with van der Waals surface area (Å²) in [6, 6.07) is 5.66. The minimum absolute atomic E-state index is 0.0635. The molecule has 0 atom stereocenters. The van der Waals surface area contributed by atoms with Crippen molar-refractivity contribution in [2.24, 2.45) is 0 Å². The topological polar surface area (TPSA) is 55.1 Å². The van der Waals surface area contributed by atoms with Gasteiger partial charge in [0.15, 0.2) is 0 Å². The lowest BCUT2D eigenvalue weighted by Crippen LogP contribution is -2.38. The lowest BCUT2D eigenvalue weighted by Gasteiger charge is -2.28. The van der Waals surface area contributed by atoms with Crippen LogP contribution in [0, 0.1) is 0 Å². The van der Waals surface area contributed by atoms with Crippen LogP contribution in [0.15, 0.2) is 22.7 Å². The molecule has 0 saturated heterocycles. The van der Waals surface area contributed by atoms with E-state index in [4.69, 9.17) is 5.73 Å². The molecule has 1 amide bonds. The lowest BCUT2D eigenvalue weighted by molar-refractivity contribution is 0.0929. The number of benzene rings is 1. The molecule has 0 spiro atoms. The van der Waals surface area contributed by atoms with Gasteiger partial charge in [-0.3, -0.25) is 4.79 Å². The van der Waals surface area contributed by atoms with Gasteiger partial charge in [0.25, 0.3) is 5.91 Å². The van der Waals surface area contributed by atoms with Crippen molar-refractivity contribution in [3.05, 3.63) is 28.2 Å². The summed E-state index contributed by atoms with van der Waals surface area (Å²) in [5.41, 5.74) is 6.94. The summed E-state index contributed by atoms with van der Waals surface area (Å²) in [5, 5.41) is 3.85. The Morgan fingerprint density at radius 1 is 1.37 bits per heavy atom. The molecule has 2 rings (SSSR count). The maximum atomic E-state index is 12.2. The summed E-state index contributed by atoms with van der Waals surface area (Å²) >= 11 is 5.30. The second kappa shape index (κ2) is 6.66. The van der Waals surface area contributed by atoms with E-state index >= 15 is 0 Å². The second-order valence-electron chi connectivity index (χ2n) is 4.91. The van der Waals surface area contributed by atoms with Gasteiger partial charge >= 0.3 is 0 Å². The zero-order chi connectivity index (χ0) is 13.8. The average Bonchev–Trinajstić information content (AvgIpc) is 2.42. The minimum atomic E-state index is -0.0635. The van der Waals surface area contributed by atoms with E-state index in [9.17, 15) is 4.79 Å². The van der Waals surface area contributed by atoms with E-state index in [1.54, 1.807) is 12.1 Å². The summed E-state index contributed by atoms with van der Waals surface area (Å²) in [4.78, 5) is 12.2. The number of hydrogen-bond donors (Lipinski definition) is 2. The highest BCUT2D eigenvalue weighted by Gasteiger charge is 2.22. The van der Waals surface area contributed by atoms with Crippen molar-refractivity contribution in [2.45, 2.75) is 37.0 Å². The van der Waals surface area contributed by atoms with Crippen LogP contribution in [0.1, 0.15) is 36.0 Å². The fourth-order valence-electron chi connectivity index (χ4n) is 2.43. The van der Waals surface area contributed by atoms with Crippen LogP contribution in [0.5, 0.6) is 0 Å². The third kappa shape index (κ3) is 3.89. The van der Waals surface area contributed by atoms with Crippen molar-refractivity contribution in [1.82, 2.24) is 5.32 Å². The molecule has 1 saturated carbocycles. The third-order valence-corrected chi connectivity index (χ3v) is 5.23. The molecule has 1 aromatic carbocycles. The standard InChI is InChI=1S/C14H19BrN2OS/c1-19-11-5-3-10(4-6-11)17-14(18)12-8-9(15)2-7-13(12)16/h2,7-8,10-11H,3-6,16H2,1H3,(H,17,18). The van der Waals surface area contributed by atoms with Gasteiger partial charge in [0, 0.05) is 21.5 Å². The van der Waals surface area contributed by atoms with E-state index in [-0.39, 0.29) is 11.9 Å². The molecular formula is C14H19BrN2OS. The van der Waals surface area contributed by atoms with Crippen molar-refractivity contribution < 1.29 is 4.79 Å². The van der Waals surface area contributed by atoms with Gasteiger partial charge in [-0.2, -0.15) is 11.8 Å². The van der Waals surface area contributed by atoms with Crippen LogP contribution in [0.25, 0.3) is 0 Å². The highest BCUT2D eigenvalue weighted by Crippen LogP contribution is 2.27. The smallest absolute Gasteiger partial charge is 0.253 e. The monoisotopic (exact) mass is 342 g/mol. The molecule has 19 heavy (non-hydrogen) atoms. The SMILES string of the molecule is CSC1CCC(NC(=O)c2cc(Br)ccc2N)CC1. The molecule has 5 heteroatoms. The molecule has 0 aromatic heterocycles. The summed E-state index contributed by atoms with van der Waals surface area (Å²) in [5.74, 6) is -0.0635. The van der Waals surface area contributed by atoms with Gasteiger partial charge in [-0.15, -0.1) is 0 Å². The molecule has 104 valence electrons. The van der Waals surface area contributed by atoms with Crippen molar-refractivity contribution in [3.63, 3.8) is 0 Å². The largest absolute Gasteiger partial charge is 0.398 e. The molecule has 1 aliphatic rings. The van der Waals surface area contributed by atoms with Crippen molar-refractivity contribution in [2.75, 3.05) is 12.0 Å². The Labute approximate surface area is 126 Å². The fourth-order valence-corrected chi connectivity index (χ4v) is 3.54. The highest BCUT2D eigenvalue weighted by atomic mass is 79.9. The zero-order valence-corrected chi connectivity index (χ0v) is 13.4. The number of anilines is 1. The quantitative estimate of drug-likeness (QED) is 0.827. The Bertz CT molecular complexity index is 459. The molecule has 1 aliphatic carbocycles. The van der Waals surface area contributed by atoms with Crippen LogP contribution in [0.3, 0.4) is 0 Å². The summed E-state index contributed by atoms with van der Waals surface area (Å²) < 4.78 is 0.873. The molecule has 1 aromatic rings. The Balaban J connectivity index is 1.96. The molecule has 0 bridgehead atoms. The number of halogens is 1. The Morgan fingerprint density at radius 2 is 2.05 bits per heavy atom. The minimum Gasteiger partial charge on any atom is -0.398 e. The van der Waals surface area contributed by atoms with Crippen molar-refractivity contribution >= 4 is 39.3 Å². The third-order valence-electron chi connectivity index (χ3n) is 3.60. The Morgan fingerprint density at radius 3 is 2.68 bits per heavy atom. The highest BCUT2D eigenvalue weighted by molar-refractivity contribution is 9.10. The number of thioether (sulfide) groups is 1. The van der Waals surface area contributed by atoms with Crippen molar-refractivity contribution in [1.29, 1.82) is 0 Å². The van der Waals surface area contributed by atoms with Crippen LogP contribution in [0.4, 0.5) is 5.69 Å². The van der Waals surface area contributed by atoms with Gasteiger partial charge in [-0.1, -0.05) is 15.9 Å². The Hall–Kier alpha value is -0.680. The molecule has 0 aliphatic heterocycles. The summed E-state index contributed by atoms with van der Waals surface area (Å²) in [6.07, 6.45) is 6.64. The van der Waals surface area contributed by atoms with Crippen LogP contribution in [-0.2, 0) is 0 Å². The Kier molecular flexibility index (Phi) is 5.16. The van der Waals surface area contributed by atoms with E-state index in [0.717, 1.165) is 22.6 Å². The molecular weight excluding hydrogens is 324 g/mol. The first-order valence-electron chi connectivity index (χ1n) is 6.49. The van der Waals surface area contributed by atoms with E-state index in [2.05, 4.69) is 27.5 Å². The molecule has 3 N–H and O–H groups in total. The predicted octanol–water partition coefficient (Wildman–Crippen LogP) is 3.44. The van der Waals surface area contributed by atoms with Gasteiger partial charge < -0.3 is 11.1 Å². The number of nitrogens with two attached hydrogens (primary N) is 1. The van der Waals surface area contributed by atoms with E-state index in [1.807, 2.05) is 17.8 Å². The molecule has 0 radical (unpaired) electrons. The number of nitrogens with one attached hydrogen (secondary N) is 1. The van der Waals surface area contributed by atoms with Crippen LogP contribution in [0.2, 0.25) is 0 Å². The van der Waals surface area contributed by atoms with E-state index < -0.39 is 0 Å². The number of carbonyl (C=O) groups excluding carboxylic acids is 1. The lowest BCUT2D eigenvalue weighted by atomic mass is 9.94. The van der Waals surface area contributed by atoms with Crippen LogP contribution in [-0.4, -0.2) is 23.5 Å². The summed E-state index contributed by atoms with van der Waals surface area (Å²) in [7, 11) is 0. The number of hydrogen-bond acceptors (Lipinski definition) is 3. The van der Waals surface area contributed by atoms with Gasteiger partial charge in [0.05, 0.1) is 5.56 Å². The molecule has 1 fully saturated rings. The van der Waals surface area contributed by atoms with E-state index in [0.29, 0.717) is 11.3 Å². The first-order chi connectivity index (χ1) is 9.10. The number of amides is 1. The zero-order valence-electron chi connectivity index (χ0n) is 11.0. The maximum Gasteiger partial charge on any atom is 0.253 e. The van der Waals surface area contributed by atoms with Gasteiger partial charge in [-0.05, 0) is 50.1 Å². The molecule has 3 nitrogen and oxygen atoms in total. The number of nitrogen functional groups attached to an aromatic ring is 1. The molecule has 0 unspecified atom stereocenters. The number of carbonyl (C=O) groups is 1. The maximum absolute atomic E-state index is 12.2. The first kappa shape index (κ1) is 14.7. The van der Waals surface area contributed by atoms with Gasteiger partial charge in [0.1, 0.15) is 0 Å². The van der Waals surface area contributed by atoms with Gasteiger partial charge in [0.2, 0.25) is 0 Å². The normalized spacial score (nSPS) is 23.1. The molecule has 0 heterocycles.